The van der Waals surface area contributed by atoms with E-state index < -0.39 is 6.04 Å². The van der Waals surface area contributed by atoms with E-state index in [-0.39, 0.29) is 17.2 Å². The molecule has 0 aliphatic carbocycles. The molecule has 126 valence electrons. The normalized spacial score (nSPS) is 19.2. The van der Waals surface area contributed by atoms with E-state index in [1.54, 1.807) is 4.90 Å². The van der Waals surface area contributed by atoms with Gasteiger partial charge in [0.05, 0.1) is 0 Å². The van der Waals surface area contributed by atoms with Crippen molar-refractivity contribution in [3.05, 3.63) is 29.3 Å². The first-order valence-electron chi connectivity index (χ1n) is 8.28. The fraction of sp³-hybridized carbons (Fsp3) is 0.579. The molecule has 0 spiro atoms. The molecule has 0 unspecified atom stereocenters. The van der Waals surface area contributed by atoms with Crippen molar-refractivity contribution in [1.82, 2.24) is 4.90 Å². The highest BCUT2D eigenvalue weighted by molar-refractivity contribution is 6.00. The van der Waals surface area contributed by atoms with Gasteiger partial charge in [0.15, 0.2) is 0 Å². The summed E-state index contributed by atoms with van der Waals surface area (Å²) in [4.78, 5) is 28.8. The van der Waals surface area contributed by atoms with Crippen LogP contribution in [0.3, 0.4) is 0 Å². The zero-order valence-corrected chi connectivity index (χ0v) is 15.1. The van der Waals surface area contributed by atoms with Crippen LogP contribution in [0.15, 0.2) is 18.2 Å². The summed E-state index contributed by atoms with van der Waals surface area (Å²) in [7, 11) is 0. The number of piperazine rings is 1. The van der Waals surface area contributed by atoms with Gasteiger partial charge in [-0.25, -0.2) is 0 Å². The molecule has 23 heavy (non-hydrogen) atoms. The van der Waals surface area contributed by atoms with E-state index in [0.29, 0.717) is 19.5 Å². The van der Waals surface area contributed by atoms with Crippen LogP contribution in [0.5, 0.6) is 0 Å². The van der Waals surface area contributed by atoms with Gasteiger partial charge in [-0.05, 0) is 37.8 Å². The topological polar surface area (TPSA) is 40.6 Å². The van der Waals surface area contributed by atoms with Crippen LogP contribution in [-0.4, -0.2) is 35.8 Å². The zero-order valence-electron chi connectivity index (χ0n) is 15.1. The van der Waals surface area contributed by atoms with Crippen molar-refractivity contribution in [2.24, 2.45) is 5.41 Å². The van der Waals surface area contributed by atoms with Crippen molar-refractivity contribution in [3.8, 4) is 0 Å². The minimum Gasteiger partial charge on any atom is -0.329 e. The summed E-state index contributed by atoms with van der Waals surface area (Å²) in [6, 6.07) is 5.71. The summed E-state index contributed by atoms with van der Waals surface area (Å²) >= 11 is 0. The number of carbonyl (C=O) groups is 2. The molecule has 0 bridgehead atoms. The van der Waals surface area contributed by atoms with Gasteiger partial charge in [0.25, 0.3) is 0 Å². The SMILES string of the molecule is Cc1ccc(N2CCN(C(=O)CC(C)(C)C)[C@@H](C)C2=O)c(C)c1. The predicted molar refractivity (Wildman–Crippen MR) is 93.5 cm³/mol. The fourth-order valence-corrected chi connectivity index (χ4v) is 3.11. The third kappa shape index (κ3) is 3.92. The van der Waals surface area contributed by atoms with Crippen molar-refractivity contribution >= 4 is 17.5 Å². The standard InChI is InChI=1S/C19H28N2O2/c1-13-7-8-16(14(2)11-13)21-10-9-20(15(3)18(21)23)17(22)12-19(4,5)6/h7-8,11,15H,9-10,12H2,1-6H3/t15-/m0/s1. The number of anilines is 1. The van der Waals surface area contributed by atoms with Crippen LogP contribution >= 0.6 is 0 Å². The smallest absolute Gasteiger partial charge is 0.249 e. The number of hydrogen-bond donors (Lipinski definition) is 0. The number of rotatable bonds is 2. The third-order valence-electron chi connectivity index (χ3n) is 4.30. The fourth-order valence-electron chi connectivity index (χ4n) is 3.11. The van der Waals surface area contributed by atoms with E-state index in [2.05, 4.69) is 6.07 Å². The number of nitrogens with zero attached hydrogens (tertiary/aromatic N) is 2. The first kappa shape index (κ1) is 17.5. The maximum Gasteiger partial charge on any atom is 0.249 e. The summed E-state index contributed by atoms with van der Waals surface area (Å²) in [5.41, 5.74) is 3.17. The van der Waals surface area contributed by atoms with Crippen LogP contribution in [0.25, 0.3) is 0 Å². The maximum atomic E-state index is 12.8. The molecule has 2 amide bonds. The number of carbonyl (C=O) groups excluding carboxylic acids is 2. The maximum absolute atomic E-state index is 12.8. The largest absolute Gasteiger partial charge is 0.329 e. The molecule has 0 radical (unpaired) electrons. The molecule has 1 aliphatic heterocycles. The van der Waals surface area contributed by atoms with Crippen molar-refractivity contribution < 1.29 is 9.59 Å². The summed E-state index contributed by atoms with van der Waals surface area (Å²) < 4.78 is 0. The van der Waals surface area contributed by atoms with Gasteiger partial charge in [-0.3, -0.25) is 9.59 Å². The minimum absolute atomic E-state index is 0.00506. The van der Waals surface area contributed by atoms with Crippen molar-refractivity contribution in [1.29, 1.82) is 0 Å². The molecule has 0 aromatic heterocycles. The summed E-state index contributed by atoms with van der Waals surface area (Å²) in [6.07, 6.45) is 0.466. The summed E-state index contributed by atoms with van der Waals surface area (Å²) in [6.45, 7) is 13.2. The van der Waals surface area contributed by atoms with Crippen molar-refractivity contribution in [3.63, 3.8) is 0 Å². The van der Waals surface area contributed by atoms with E-state index in [1.807, 2.05) is 58.6 Å². The molecule has 1 heterocycles. The van der Waals surface area contributed by atoms with Gasteiger partial charge in [-0.2, -0.15) is 0 Å². The average molecular weight is 316 g/mol. The van der Waals surface area contributed by atoms with Crippen LogP contribution in [0.2, 0.25) is 0 Å². The molecule has 1 atom stereocenters. The van der Waals surface area contributed by atoms with E-state index >= 15 is 0 Å². The van der Waals surface area contributed by atoms with E-state index in [9.17, 15) is 9.59 Å². The lowest BCUT2D eigenvalue weighted by Crippen LogP contribution is -2.58. The Bertz CT molecular complexity index is 616. The Labute approximate surface area is 139 Å². The molecule has 4 nitrogen and oxygen atoms in total. The molecular weight excluding hydrogens is 288 g/mol. The molecule has 1 aliphatic rings. The second-order valence-electron chi connectivity index (χ2n) is 7.78. The monoisotopic (exact) mass is 316 g/mol. The van der Waals surface area contributed by atoms with Crippen LogP contribution in [0.4, 0.5) is 5.69 Å². The highest BCUT2D eigenvalue weighted by Crippen LogP contribution is 2.27. The van der Waals surface area contributed by atoms with Crippen LogP contribution in [0.1, 0.15) is 45.2 Å². The van der Waals surface area contributed by atoms with Gasteiger partial charge in [0.1, 0.15) is 6.04 Å². The second-order valence-corrected chi connectivity index (χ2v) is 7.78. The molecule has 1 fully saturated rings. The molecule has 0 N–H and O–H groups in total. The Morgan fingerprint density at radius 3 is 2.43 bits per heavy atom. The number of hydrogen-bond acceptors (Lipinski definition) is 2. The van der Waals surface area contributed by atoms with Crippen molar-refractivity contribution in [2.45, 2.75) is 54.0 Å². The van der Waals surface area contributed by atoms with Gasteiger partial charge in [-0.1, -0.05) is 38.5 Å². The Balaban J connectivity index is 2.17. The van der Waals surface area contributed by atoms with Gasteiger partial charge >= 0.3 is 0 Å². The summed E-state index contributed by atoms with van der Waals surface area (Å²) in [5.74, 6) is 0.0732. The number of aryl methyl sites for hydroxylation is 2. The molecule has 1 aromatic carbocycles. The van der Waals surface area contributed by atoms with Gasteiger partial charge in [-0.15, -0.1) is 0 Å². The van der Waals surface area contributed by atoms with Crippen LogP contribution < -0.4 is 4.90 Å². The van der Waals surface area contributed by atoms with Crippen LogP contribution in [0, 0.1) is 19.3 Å². The highest BCUT2D eigenvalue weighted by atomic mass is 16.2. The molecular formula is C19H28N2O2. The number of amides is 2. The van der Waals surface area contributed by atoms with E-state index in [1.165, 1.54) is 5.56 Å². The Kier molecular flexibility index (Phi) is 4.83. The Hall–Kier alpha value is -1.84. The first-order valence-corrected chi connectivity index (χ1v) is 8.28. The molecule has 1 saturated heterocycles. The van der Waals surface area contributed by atoms with Crippen molar-refractivity contribution in [2.75, 3.05) is 18.0 Å². The molecule has 0 saturated carbocycles. The third-order valence-corrected chi connectivity index (χ3v) is 4.30. The van der Waals surface area contributed by atoms with Crippen LogP contribution in [-0.2, 0) is 9.59 Å². The van der Waals surface area contributed by atoms with Gasteiger partial charge < -0.3 is 9.80 Å². The lowest BCUT2D eigenvalue weighted by atomic mass is 9.91. The molecule has 1 aromatic rings. The summed E-state index contributed by atoms with van der Waals surface area (Å²) in [5, 5.41) is 0. The minimum atomic E-state index is -0.403. The quantitative estimate of drug-likeness (QED) is 0.840. The lowest BCUT2D eigenvalue weighted by Gasteiger charge is -2.40. The zero-order chi connectivity index (χ0) is 17.4. The Morgan fingerprint density at radius 2 is 1.87 bits per heavy atom. The molecule has 2 rings (SSSR count). The average Bonchev–Trinajstić information content (AvgIpc) is 2.40. The first-order chi connectivity index (χ1) is 10.6. The van der Waals surface area contributed by atoms with Gasteiger partial charge in [0, 0.05) is 25.2 Å². The van der Waals surface area contributed by atoms with E-state index in [4.69, 9.17) is 0 Å². The highest BCUT2D eigenvalue weighted by Gasteiger charge is 2.36. The number of benzene rings is 1. The predicted octanol–water partition coefficient (Wildman–Crippen LogP) is 3.30. The molecule has 4 heteroatoms. The van der Waals surface area contributed by atoms with E-state index in [0.717, 1.165) is 11.3 Å². The Morgan fingerprint density at radius 1 is 1.22 bits per heavy atom. The lowest BCUT2D eigenvalue weighted by molar-refractivity contribution is -0.142. The van der Waals surface area contributed by atoms with Gasteiger partial charge in [0.2, 0.25) is 11.8 Å². The second kappa shape index (κ2) is 6.34.